The summed E-state index contributed by atoms with van der Waals surface area (Å²) < 4.78 is 3.18. The average Bonchev–Trinajstić information content (AvgIpc) is 3.10. The molecule has 1 saturated heterocycles. The van der Waals surface area contributed by atoms with E-state index in [4.69, 9.17) is 0 Å². The summed E-state index contributed by atoms with van der Waals surface area (Å²) in [5.41, 5.74) is 5.13. The van der Waals surface area contributed by atoms with E-state index in [0.29, 0.717) is 12.2 Å². The Morgan fingerprint density at radius 1 is 0.886 bits per heavy atom. The fraction of sp³-hybridized carbons (Fsp3) is 0.107. The highest BCUT2D eigenvalue weighted by atomic mass is 79.9. The molecule has 0 atom stereocenters. The number of rotatable bonds is 4. The number of imide groups is 2. The topological polar surface area (TPSA) is 71.4 Å². The summed E-state index contributed by atoms with van der Waals surface area (Å²) in [6, 6.07) is 22.3. The van der Waals surface area contributed by atoms with Crippen LogP contribution in [0.4, 0.5) is 10.5 Å². The van der Waals surface area contributed by atoms with Crippen LogP contribution < -0.4 is 10.2 Å². The van der Waals surface area contributed by atoms with Gasteiger partial charge in [-0.15, -0.1) is 0 Å². The van der Waals surface area contributed by atoms with Crippen LogP contribution in [0, 0.1) is 13.8 Å². The molecule has 6 nitrogen and oxygen atoms in total. The summed E-state index contributed by atoms with van der Waals surface area (Å²) in [7, 11) is 0. The van der Waals surface area contributed by atoms with Crippen molar-refractivity contribution < 1.29 is 14.4 Å². The predicted octanol–water partition coefficient (Wildman–Crippen LogP) is 5.74. The number of fused-ring (bicyclic) bond motifs is 1. The zero-order chi connectivity index (χ0) is 24.7. The van der Waals surface area contributed by atoms with Crippen molar-refractivity contribution in [3.8, 4) is 0 Å². The van der Waals surface area contributed by atoms with E-state index >= 15 is 0 Å². The summed E-state index contributed by atoms with van der Waals surface area (Å²) in [6.07, 6.45) is 1.60. The lowest BCUT2D eigenvalue weighted by atomic mass is 10.0. The lowest BCUT2D eigenvalue weighted by Crippen LogP contribution is -2.54. The van der Waals surface area contributed by atoms with Crippen molar-refractivity contribution in [1.82, 2.24) is 9.88 Å². The number of anilines is 1. The monoisotopic (exact) mass is 527 g/mol. The standard InChI is InChI=1S/C28H22BrN3O3/c1-17-7-13-21(14-8-17)32-27(34)24(26(33)30-28(32)35)15-23-18(2)31(25-6-4-3-5-22(23)25)16-19-9-11-20(29)12-10-19/h3-15H,16H2,1-2H3,(H,30,33,35)/b24-15+. The van der Waals surface area contributed by atoms with Crippen molar-refractivity contribution in [2.24, 2.45) is 0 Å². The number of benzene rings is 3. The highest BCUT2D eigenvalue weighted by Crippen LogP contribution is 2.30. The van der Waals surface area contributed by atoms with Crippen molar-refractivity contribution in [2.75, 3.05) is 4.90 Å². The maximum absolute atomic E-state index is 13.4. The smallest absolute Gasteiger partial charge is 0.335 e. The lowest BCUT2D eigenvalue weighted by molar-refractivity contribution is -0.122. The van der Waals surface area contributed by atoms with Gasteiger partial charge in [0.1, 0.15) is 5.57 Å². The summed E-state index contributed by atoms with van der Waals surface area (Å²) in [5.74, 6) is -1.35. The Morgan fingerprint density at radius 2 is 1.57 bits per heavy atom. The van der Waals surface area contributed by atoms with Crippen LogP contribution in [0.3, 0.4) is 0 Å². The first kappa shape index (κ1) is 22.8. The van der Waals surface area contributed by atoms with Gasteiger partial charge in [0, 0.05) is 33.2 Å². The van der Waals surface area contributed by atoms with Crippen LogP contribution >= 0.6 is 15.9 Å². The molecule has 35 heavy (non-hydrogen) atoms. The second-order valence-electron chi connectivity index (χ2n) is 8.52. The Morgan fingerprint density at radius 3 is 2.29 bits per heavy atom. The van der Waals surface area contributed by atoms with Gasteiger partial charge in [0.15, 0.2) is 0 Å². The van der Waals surface area contributed by atoms with E-state index in [9.17, 15) is 14.4 Å². The van der Waals surface area contributed by atoms with E-state index in [0.717, 1.165) is 42.7 Å². The van der Waals surface area contributed by atoms with Crippen LogP contribution in [0.15, 0.2) is 82.8 Å². The van der Waals surface area contributed by atoms with E-state index in [-0.39, 0.29) is 5.57 Å². The first-order valence-corrected chi connectivity index (χ1v) is 11.9. The van der Waals surface area contributed by atoms with E-state index < -0.39 is 17.8 Å². The van der Waals surface area contributed by atoms with E-state index in [1.807, 2.05) is 62.4 Å². The van der Waals surface area contributed by atoms with Crippen LogP contribution in [0.5, 0.6) is 0 Å². The van der Waals surface area contributed by atoms with Crippen molar-refractivity contribution in [3.05, 3.63) is 105 Å². The largest absolute Gasteiger partial charge is 0.340 e. The van der Waals surface area contributed by atoms with Crippen molar-refractivity contribution in [1.29, 1.82) is 0 Å². The van der Waals surface area contributed by atoms with Crippen LogP contribution in [-0.4, -0.2) is 22.4 Å². The molecule has 0 bridgehead atoms. The van der Waals surface area contributed by atoms with E-state index in [1.165, 1.54) is 0 Å². The lowest BCUT2D eigenvalue weighted by Gasteiger charge is -2.26. The number of aromatic nitrogens is 1. The molecule has 174 valence electrons. The highest BCUT2D eigenvalue weighted by molar-refractivity contribution is 9.10. The molecule has 4 aromatic rings. The highest BCUT2D eigenvalue weighted by Gasteiger charge is 2.37. The zero-order valence-corrected chi connectivity index (χ0v) is 20.8. The van der Waals surface area contributed by atoms with Gasteiger partial charge in [-0.05, 0) is 55.8 Å². The number of barbiturate groups is 1. The minimum atomic E-state index is -0.754. The molecule has 1 aromatic heterocycles. The molecule has 0 aliphatic carbocycles. The molecule has 5 rings (SSSR count). The van der Waals surface area contributed by atoms with Crippen LogP contribution in [0.2, 0.25) is 0 Å². The van der Waals surface area contributed by atoms with Gasteiger partial charge in [-0.2, -0.15) is 0 Å². The van der Waals surface area contributed by atoms with Gasteiger partial charge in [-0.3, -0.25) is 14.9 Å². The molecule has 1 aliphatic heterocycles. The number of para-hydroxylation sites is 1. The first-order valence-electron chi connectivity index (χ1n) is 11.1. The molecule has 0 spiro atoms. The molecule has 1 aliphatic rings. The third-order valence-corrected chi connectivity index (χ3v) is 6.74. The normalized spacial score (nSPS) is 15.2. The molecule has 1 N–H and O–H groups in total. The van der Waals surface area contributed by atoms with Gasteiger partial charge >= 0.3 is 6.03 Å². The maximum atomic E-state index is 13.4. The van der Waals surface area contributed by atoms with Crippen molar-refractivity contribution >= 4 is 56.4 Å². The molecule has 4 amide bonds. The SMILES string of the molecule is Cc1ccc(N2C(=O)NC(=O)/C(=C\c3c(C)n(Cc4ccc(Br)cc4)c4ccccc34)C2=O)cc1. The summed E-state index contributed by atoms with van der Waals surface area (Å²) in [6.45, 7) is 4.53. The van der Waals surface area contributed by atoms with Crippen LogP contribution in [-0.2, 0) is 16.1 Å². The second kappa shape index (κ2) is 9.00. The van der Waals surface area contributed by atoms with Crippen LogP contribution in [0.25, 0.3) is 17.0 Å². The molecular formula is C28H22BrN3O3. The van der Waals surface area contributed by atoms with Gasteiger partial charge in [-0.1, -0.05) is 64.0 Å². The van der Waals surface area contributed by atoms with Crippen molar-refractivity contribution in [2.45, 2.75) is 20.4 Å². The minimum Gasteiger partial charge on any atom is -0.340 e. The fourth-order valence-corrected chi connectivity index (χ4v) is 4.61. The summed E-state index contributed by atoms with van der Waals surface area (Å²) in [4.78, 5) is 39.7. The minimum absolute atomic E-state index is 0.0835. The summed E-state index contributed by atoms with van der Waals surface area (Å²) >= 11 is 3.47. The van der Waals surface area contributed by atoms with Gasteiger partial charge < -0.3 is 4.57 Å². The predicted molar refractivity (Wildman–Crippen MR) is 140 cm³/mol. The molecule has 3 aromatic carbocycles. The third-order valence-electron chi connectivity index (χ3n) is 6.22. The molecule has 0 saturated carbocycles. The Balaban J connectivity index is 1.60. The van der Waals surface area contributed by atoms with Crippen LogP contribution in [0.1, 0.15) is 22.4 Å². The third kappa shape index (κ3) is 4.19. The first-order chi connectivity index (χ1) is 16.8. The number of carbonyl (C=O) groups excluding carboxylic acids is 3. The fourth-order valence-electron chi connectivity index (χ4n) is 4.35. The number of amides is 4. The molecule has 0 unspecified atom stereocenters. The number of halogens is 1. The number of nitrogens with one attached hydrogen (secondary N) is 1. The Bertz CT molecular complexity index is 1520. The number of carbonyl (C=O) groups is 3. The Labute approximate surface area is 211 Å². The number of hydrogen-bond donors (Lipinski definition) is 1. The number of nitrogens with zero attached hydrogens (tertiary/aromatic N) is 2. The van der Waals surface area contributed by atoms with Gasteiger partial charge in [0.05, 0.1) is 5.69 Å². The quantitative estimate of drug-likeness (QED) is 0.272. The van der Waals surface area contributed by atoms with Gasteiger partial charge in [0.2, 0.25) is 0 Å². The molecular weight excluding hydrogens is 506 g/mol. The Hall–Kier alpha value is -3.97. The Kier molecular flexibility index (Phi) is 5.86. The molecule has 1 fully saturated rings. The number of aryl methyl sites for hydroxylation is 1. The van der Waals surface area contributed by atoms with E-state index in [2.05, 4.69) is 37.9 Å². The average molecular weight is 528 g/mol. The van der Waals surface area contributed by atoms with Gasteiger partial charge in [-0.25, -0.2) is 9.69 Å². The zero-order valence-electron chi connectivity index (χ0n) is 19.2. The number of hydrogen-bond acceptors (Lipinski definition) is 3. The number of urea groups is 1. The van der Waals surface area contributed by atoms with E-state index in [1.54, 1.807) is 18.2 Å². The summed E-state index contributed by atoms with van der Waals surface area (Å²) in [5, 5.41) is 3.24. The van der Waals surface area contributed by atoms with Gasteiger partial charge in [0.25, 0.3) is 11.8 Å². The second-order valence-corrected chi connectivity index (χ2v) is 9.44. The molecule has 0 radical (unpaired) electrons. The molecule has 2 heterocycles. The molecule has 7 heteroatoms. The van der Waals surface area contributed by atoms with Crippen molar-refractivity contribution in [3.63, 3.8) is 0 Å². The maximum Gasteiger partial charge on any atom is 0.335 e.